The lowest BCUT2D eigenvalue weighted by molar-refractivity contribution is -0.151. The molecule has 25 heavy (non-hydrogen) atoms. The molecule has 0 unspecified atom stereocenters. The summed E-state index contributed by atoms with van der Waals surface area (Å²) in [5.41, 5.74) is 1.19. The van der Waals surface area contributed by atoms with Gasteiger partial charge in [-0.15, -0.1) is 0 Å². The van der Waals surface area contributed by atoms with E-state index in [1.54, 1.807) is 6.33 Å². The van der Waals surface area contributed by atoms with Gasteiger partial charge in [0.25, 0.3) is 0 Å². The van der Waals surface area contributed by atoms with Crippen molar-refractivity contribution < 1.29 is 14.7 Å². The highest BCUT2D eigenvalue weighted by Crippen LogP contribution is 2.52. The molecule has 0 spiro atoms. The zero-order valence-electron chi connectivity index (χ0n) is 14.4. The van der Waals surface area contributed by atoms with Crippen LogP contribution >= 0.6 is 0 Å². The van der Waals surface area contributed by atoms with Gasteiger partial charge in [0.2, 0.25) is 5.91 Å². The van der Waals surface area contributed by atoms with E-state index in [9.17, 15) is 14.7 Å². The number of fused-ring (bicyclic) bond motifs is 3. The van der Waals surface area contributed by atoms with Gasteiger partial charge in [-0.2, -0.15) is 0 Å². The Bertz CT molecular complexity index is 830. The van der Waals surface area contributed by atoms with Crippen LogP contribution in [0.3, 0.4) is 0 Å². The van der Waals surface area contributed by atoms with E-state index in [0.717, 1.165) is 23.9 Å². The molecule has 3 heterocycles. The summed E-state index contributed by atoms with van der Waals surface area (Å²) in [4.78, 5) is 31.0. The summed E-state index contributed by atoms with van der Waals surface area (Å²) in [6, 6.07) is 7.81. The van der Waals surface area contributed by atoms with Gasteiger partial charge in [-0.1, -0.05) is 19.1 Å². The maximum Gasteiger partial charge on any atom is 0.311 e. The molecule has 132 valence electrons. The maximum absolute atomic E-state index is 12.9. The van der Waals surface area contributed by atoms with Crippen LogP contribution < -0.4 is 0 Å². The predicted molar refractivity (Wildman–Crippen MR) is 93.0 cm³/mol. The number of carboxylic acids is 1. The van der Waals surface area contributed by atoms with Gasteiger partial charge < -0.3 is 14.6 Å². The van der Waals surface area contributed by atoms with Gasteiger partial charge in [-0.25, -0.2) is 4.98 Å². The number of carboxylic acid groups (broad SMARTS) is 1. The number of imidazole rings is 1. The second-order valence-electron chi connectivity index (χ2n) is 7.24. The molecule has 1 aromatic carbocycles. The first-order valence-electron chi connectivity index (χ1n) is 9.01. The highest BCUT2D eigenvalue weighted by Gasteiger charge is 2.60. The standard InChI is InChI=1S/C19H23N3O3/c1-2-19(18(24)25)11-13-7-8-16(19)22(13)17(23)9-10-21-12-20-14-5-3-4-6-15(14)21/h3-6,12-13,16H,2,7-11H2,1H3,(H,24,25)/t13-,16+,19+/m0/s1. The highest BCUT2D eigenvalue weighted by atomic mass is 16.4. The summed E-state index contributed by atoms with van der Waals surface area (Å²) < 4.78 is 2.00. The van der Waals surface area contributed by atoms with Gasteiger partial charge in [0.1, 0.15) is 0 Å². The molecule has 1 N–H and O–H groups in total. The molecule has 4 rings (SSSR count). The second-order valence-corrected chi connectivity index (χ2v) is 7.24. The first-order valence-corrected chi connectivity index (χ1v) is 9.01. The summed E-state index contributed by atoms with van der Waals surface area (Å²) in [6.45, 7) is 2.50. The summed E-state index contributed by atoms with van der Waals surface area (Å²) in [6.07, 6.45) is 5.07. The van der Waals surface area contributed by atoms with Crippen LogP contribution in [0.2, 0.25) is 0 Å². The normalized spacial score (nSPS) is 28.0. The van der Waals surface area contributed by atoms with Crippen molar-refractivity contribution in [3.8, 4) is 0 Å². The van der Waals surface area contributed by atoms with Crippen LogP contribution in [-0.4, -0.2) is 43.5 Å². The fraction of sp³-hybridized carbons (Fsp3) is 0.526. The van der Waals surface area contributed by atoms with Crippen LogP contribution in [0.5, 0.6) is 0 Å². The molecule has 0 aliphatic carbocycles. The van der Waals surface area contributed by atoms with Crippen molar-refractivity contribution in [2.24, 2.45) is 5.41 Å². The number of carbonyl (C=O) groups is 2. The number of benzene rings is 1. The van der Waals surface area contributed by atoms with E-state index in [4.69, 9.17) is 0 Å². The number of aliphatic carboxylic acids is 1. The van der Waals surface area contributed by atoms with Crippen molar-refractivity contribution in [1.29, 1.82) is 0 Å². The topological polar surface area (TPSA) is 75.4 Å². The fourth-order valence-corrected chi connectivity index (χ4v) is 4.85. The average Bonchev–Trinajstić information content (AvgIpc) is 3.31. The third-order valence-corrected chi connectivity index (χ3v) is 6.18. The minimum absolute atomic E-state index is 0.0712. The minimum atomic E-state index is -0.750. The highest BCUT2D eigenvalue weighted by molar-refractivity contribution is 5.83. The molecule has 6 nitrogen and oxygen atoms in total. The Morgan fingerprint density at radius 2 is 2.12 bits per heavy atom. The van der Waals surface area contributed by atoms with E-state index in [1.807, 2.05) is 40.7 Å². The molecule has 2 saturated heterocycles. The van der Waals surface area contributed by atoms with Gasteiger partial charge in [0, 0.05) is 25.0 Å². The van der Waals surface area contributed by atoms with Gasteiger partial charge in [0.15, 0.2) is 0 Å². The van der Waals surface area contributed by atoms with Gasteiger partial charge in [-0.05, 0) is 37.8 Å². The molecule has 2 aromatic rings. The second kappa shape index (κ2) is 5.86. The Balaban J connectivity index is 1.50. The molecule has 0 saturated carbocycles. The zero-order chi connectivity index (χ0) is 17.6. The van der Waals surface area contributed by atoms with Crippen LogP contribution in [0.4, 0.5) is 0 Å². The molecule has 2 fully saturated rings. The molecular weight excluding hydrogens is 318 g/mol. The third-order valence-electron chi connectivity index (χ3n) is 6.18. The van der Waals surface area contributed by atoms with Gasteiger partial charge >= 0.3 is 5.97 Å². The number of hydrogen-bond acceptors (Lipinski definition) is 3. The van der Waals surface area contributed by atoms with Crippen molar-refractivity contribution in [2.45, 2.75) is 57.7 Å². The summed E-state index contributed by atoms with van der Waals surface area (Å²) in [5, 5.41) is 9.73. The number of hydrogen-bond donors (Lipinski definition) is 1. The van der Waals surface area contributed by atoms with E-state index in [1.165, 1.54) is 0 Å². The SMILES string of the molecule is CC[C@@]1(C(=O)O)C[C@@H]2CC[C@H]1N2C(=O)CCn1cnc2ccccc21. The lowest BCUT2D eigenvalue weighted by Gasteiger charge is -2.32. The van der Waals surface area contributed by atoms with Crippen molar-refractivity contribution in [2.75, 3.05) is 0 Å². The van der Waals surface area contributed by atoms with Crippen molar-refractivity contribution in [3.63, 3.8) is 0 Å². The number of para-hydroxylation sites is 2. The van der Waals surface area contributed by atoms with Gasteiger partial charge in [-0.3, -0.25) is 9.59 Å². The largest absolute Gasteiger partial charge is 0.481 e. The van der Waals surface area contributed by atoms with Crippen LogP contribution in [0.1, 0.15) is 39.0 Å². The van der Waals surface area contributed by atoms with E-state index < -0.39 is 11.4 Å². The predicted octanol–water partition coefficient (Wildman–Crippen LogP) is 2.67. The van der Waals surface area contributed by atoms with Crippen molar-refractivity contribution in [1.82, 2.24) is 14.5 Å². The quantitative estimate of drug-likeness (QED) is 0.907. The Morgan fingerprint density at radius 1 is 1.32 bits per heavy atom. The Morgan fingerprint density at radius 3 is 2.84 bits per heavy atom. The Hall–Kier alpha value is -2.37. The van der Waals surface area contributed by atoms with Crippen LogP contribution in [0.25, 0.3) is 11.0 Å². The summed E-state index contributed by atoms with van der Waals surface area (Å²) in [5.74, 6) is -0.678. The molecule has 2 aliphatic rings. The molecule has 3 atom stereocenters. The number of carbonyl (C=O) groups excluding carboxylic acids is 1. The number of aryl methyl sites for hydroxylation is 1. The monoisotopic (exact) mass is 341 g/mol. The number of rotatable bonds is 5. The number of nitrogens with zero attached hydrogens (tertiary/aromatic N) is 3. The van der Waals surface area contributed by atoms with Crippen LogP contribution in [-0.2, 0) is 16.1 Å². The third kappa shape index (κ3) is 2.34. The summed E-state index contributed by atoms with van der Waals surface area (Å²) >= 11 is 0. The summed E-state index contributed by atoms with van der Waals surface area (Å²) in [7, 11) is 0. The molecule has 1 aromatic heterocycles. The lowest BCUT2D eigenvalue weighted by Crippen LogP contribution is -2.44. The van der Waals surface area contributed by atoms with Crippen molar-refractivity contribution in [3.05, 3.63) is 30.6 Å². The van der Waals surface area contributed by atoms with E-state index in [2.05, 4.69) is 4.98 Å². The van der Waals surface area contributed by atoms with Gasteiger partial charge in [0.05, 0.1) is 22.8 Å². The molecule has 1 amide bonds. The van der Waals surface area contributed by atoms with Crippen LogP contribution in [0.15, 0.2) is 30.6 Å². The molecule has 0 radical (unpaired) electrons. The lowest BCUT2D eigenvalue weighted by atomic mass is 9.72. The van der Waals surface area contributed by atoms with E-state index in [0.29, 0.717) is 25.8 Å². The Labute approximate surface area is 146 Å². The zero-order valence-corrected chi connectivity index (χ0v) is 14.4. The fourth-order valence-electron chi connectivity index (χ4n) is 4.85. The Kier molecular flexibility index (Phi) is 3.78. The number of amides is 1. The first-order chi connectivity index (χ1) is 12.1. The van der Waals surface area contributed by atoms with E-state index >= 15 is 0 Å². The minimum Gasteiger partial charge on any atom is -0.481 e. The first kappa shape index (κ1) is 16.1. The van der Waals surface area contributed by atoms with E-state index in [-0.39, 0.29) is 18.0 Å². The van der Waals surface area contributed by atoms with Crippen LogP contribution in [0, 0.1) is 5.41 Å². The molecule has 2 bridgehead atoms. The molecule has 6 heteroatoms. The smallest absolute Gasteiger partial charge is 0.311 e. The van der Waals surface area contributed by atoms with Crippen molar-refractivity contribution >= 4 is 22.9 Å². The molecule has 2 aliphatic heterocycles. The average molecular weight is 341 g/mol. The maximum atomic E-state index is 12.9. The molecular formula is C19H23N3O3. The number of aromatic nitrogens is 2.